The molecule has 84 valence electrons. The largest absolute Gasteiger partial charge is 0.274 e. The average Bonchev–Trinajstić information content (AvgIpc) is 2.36. The van der Waals surface area contributed by atoms with Crippen LogP contribution >= 0.6 is 15.9 Å². The van der Waals surface area contributed by atoms with Crippen LogP contribution in [0.2, 0.25) is 0 Å². The molecule has 0 spiro atoms. The predicted octanol–water partition coefficient (Wildman–Crippen LogP) is 2.62. The van der Waals surface area contributed by atoms with Gasteiger partial charge in [0.15, 0.2) is 0 Å². The van der Waals surface area contributed by atoms with Crippen molar-refractivity contribution in [2.45, 2.75) is 26.2 Å². The number of anilines is 1. The van der Waals surface area contributed by atoms with Gasteiger partial charge in [-0.2, -0.15) is 0 Å². The van der Waals surface area contributed by atoms with E-state index in [0.29, 0.717) is 5.69 Å². The number of halogens is 1. The maximum absolute atomic E-state index is 12.2. The number of amides is 2. The number of hydrogen-bond acceptors (Lipinski definition) is 2. The van der Waals surface area contributed by atoms with Gasteiger partial charge in [-0.25, -0.2) is 4.90 Å². The van der Waals surface area contributed by atoms with Gasteiger partial charge in [-0.3, -0.25) is 9.59 Å². The number of carbonyl (C=O) groups excluding carboxylic acids is 2. The summed E-state index contributed by atoms with van der Waals surface area (Å²) in [6, 6.07) is 5.51. The molecule has 4 heteroatoms. The second-order valence-corrected chi connectivity index (χ2v) is 5.27. The fourth-order valence-electron chi connectivity index (χ4n) is 2.13. The highest BCUT2D eigenvalue weighted by atomic mass is 79.9. The maximum Gasteiger partial charge on any atom is 0.243 e. The molecule has 1 heterocycles. The summed E-state index contributed by atoms with van der Waals surface area (Å²) in [5.74, 6) is -0.406. The van der Waals surface area contributed by atoms with Crippen LogP contribution < -0.4 is 4.90 Å². The molecule has 0 saturated carbocycles. The quantitative estimate of drug-likeness (QED) is 0.733. The van der Waals surface area contributed by atoms with Crippen molar-refractivity contribution in [2.24, 2.45) is 0 Å². The highest BCUT2D eigenvalue weighted by molar-refractivity contribution is 9.10. The van der Waals surface area contributed by atoms with Crippen LogP contribution in [0, 0.1) is 0 Å². The summed E-state index contributed by atoms with van der Waals surface area (Å²) in [5.41, 5.74) is 0.924. The molecule has 0 bridgehead atoms. The first-order valence-corrected chi connectivity index (χ1v) is 5.81. The Kier molecular flexibility index (Phi) is 2.42. The third kappa shape index (κ3) is 1.33. The van der Waals surface area contributed by atoms with E-state index in [2.05, 4.69) is 15.9 Å². The molecule has 0 aliphatic carbocycles. The van der Waals surface area contributed by atoms with Gasteiger partial charge >= 0.3 is 0 Å². The first kappa shape index (κ1) is 11.3. The molecule has 1 aromatic carbocycles. The van der Waals surface area contributed by atoms with Crippen molar-refractivity contribution in [3.05, 3.63) is 28.2 Å². The molecule has 2 amide bonds. The molecule has 1 aliphatic heterocycles. The zero-order chi connectivity index (χ0) is 12.1. The van der Waals surface area contributed by atoms with E-state index >= 15 is 0 Å². The van der Waals surface area contributed by atoms with Gasteiger partial charge in [-0.15, -0.1) is 0 Å². The van der Waals surface area contributed by atoms with Crippen molar-refractivity contribution < 1.29 is 9.59 Å². The Morgan fingerprint density at radius 1 is 1.38 bits per heavy atom. The Hall–Kier alpha value is -1.16. The summed E-state index contributed by atoms with van der Waals surface area (Å²) in [4.78, 5) is 24.9. The Labute approximate surface area is 103 Å². The number of nitrogens with zero attached hydrogens (tertiary/aromatic N) is 1. The Balaban J connectivity index is 2.75. The molecular weight excluding hydrogens is 270 g/mol. The normalized spacial score (nSPS) is 17.5. The molecule has 0 unspecified atom stereocenters. The first-order chi connectivity index (χ1) is 7.37. The Bertz CT molecular complexity index is 494. The molecule has 0 atom stereocenters. The van der Waals surface area contributed by atoms with Crippen LogP contribution in [-0.2, 0) is 15.0 Å². The van der Waals surface area contributed by atoms with Crippen molar-refractivity contribution in [1.29, 1.82) is 0 Å². The molecular formula is C12H12BrNO2. The SMILES string of the molecule is CC(=O)N1C(=O)C(C)(C)c2c(Br)cccc21. The maximum atomic E-state index is 12.2. The second-order valence-electron chi connectivity index (χ2n) is 4.42. The van der Waals surface area contributed by atoms with Gasteiger partial charge in [0.2, 0.25) is 11.8 Å². The minimum atomic E-state index is -0.652. The zero-order valence-corrected chi connectivity index (χ0v) is 11.0. The lowest BCUT2D eigenvalue weighted by Gasteiger charge is -2.17. The lowest BCUT2D eigenvalue weighted by atomic mass is 9.86. The van der Waals surface area contributed by atoms with Gasteiger partial charge in [0.25, 0.3) is 0 Å². The van der Waals surface area contributed by atoms with Crippen LogP contribution in [0.1, 0.15) is 26.3 Å². The van der Waals surface area contributed by atoms with Crippen LogP contribution in [0.4, 0.5) is 5.69 Å². The van der Waals surface area contributed by atoms with Crippen molar-refractivity contribution in [1.82, 2.24) is 0 Å². The highest BCUT2D eigenvalue weighted by Gasteiger charge is 2.46. The summed E-state index contributed by atoms with van der Waals surface area (Å²) in [6.45, 7) is 5.08. The predicted molar refractivity (Wildman–Crippen MR) is 65.3 cm³/mol. The van der Waals surface area contributed by atoms with Gasteiger partial charge < -0.3 is 0 Å². The fraction of sp³-hybridized carbons (Fsp3) is 0.333. The fourth-order valence-corrected chi connectivity index (χ4v) is 2.98. The van der Waals surface area contributed by atoms with E-state index in [-0.39, 0.29) is 11.8 Å². The number of rotatable bonds is 0. The average molecular weight is 282 g/mol. The van der Waals surface area contributed by atoms with E-state index in [0.717, 1.165) is 10.0 Å². The smallest absolute Gasteiger partial charge is 0.243 e. The standard InChI is InChI=1S/C12H12BrNO2/c1-7(15)14-9-6-4-5-8(13)10(9)12(2,3)11(14)16/h4-6H,1-3H3. The van der Waals surface area contributed by atoms with Crippen LogP contribution in [0.3, 0.4) is 0 Å². The molecule has 0 radical (unpaired) electrons. The van der Waals surface area contributed by atoms with Crippen molar-refractivity contribution in [3.8, 4) is 0 Å². The van der Waals surface area contributed by atoms with E-state index in [9.17, 15) is 9.59 Å². The minimum Gasteiger partial charge on any atom is -0.274 e. The number of fused-ring (bicyclic) bond motifs is 1. The highest BCUT2D eigenvalue weighted by Crippen LogP contribution is 2.45. The Morgan fingerprint density at radius 2 is 2.00 bits per heavy atom. The molecule has 0 N–H and O–H groups in total. The lowest BCUT2D eigenvalue weighted by molar-refractivity contribution is -0.127. The van der Waals surface area contributed by atoms with Crippen molar-refractivity contribution in [2.75, 3.05) is 4.90 Å². The van der Waals surface area contributed by atoms with Gasteiger partial charge in [-0.05, 0) is 26.0 Å². The lowest BCUT2D eigenvalue weighted by Crippen LogP contribution is -2.39. The van der Waals surface area contributed by atoms with Gasteiger partial charge in [0.1, 0.15) is 0 Å². The van der Waals surface area contributed by atoms with Crippen LogP contribution in [-0.4, -0.2) is 11.8 Å². The molecule has 0 aromatic heterocycles. The van der Waals surface area contributed by atoms with Crippen molar-refractivity contribution in [3.63, 3.8) is 0 Å². The Morgan fingerprint density at radius 3 is 2.56 bits per heavy atom. The van der Waals surface area contributed by atoms with Gasteiger partial charge in [0, 0.05) is 17.0 Å². The van der Waals surface area contributed by atoms with Gasteiger partial charge in [-0.1, -0.05) is 22.0 Å². The number of carbonyl (C=O) groups is 2. The van der Waals surface area contributed by atoms with E-state index in [1.54, 1.807) is 6.07 Å². The number of hydrogen-bond donors (Lipinski definition) is 0. The zero-order valence-electron chi connectivity index (χ0n) is 9.37. The molecule has 2 rings (SSSR count). The second kappa shape index (κ2) is 3.42. The summed E-state index contributed by atoms with van der Waals surface area (Å²) < 4.78 is 0.868. The number of benzene rings is 1. The van der Waals surface area contributed by atoms with E-state index < -0.39 is 5.41 Å². The summed E-state index contributed by atoms with van der Waals surface area (Å²) >= 11 is 3.44. The van der Waals surface area contributed by atoms with Crippen LogP contribution in [0.5, 0.6) is 0 Å². The van der Waals surface area contributed by atoms with E-state index in [4.69, 9.17) is 0 Å². The summed E-state index contributed by atoms with van der Waals surface area (Å²) in [5, 5.41) is 0. The van der Waals surface area contributed by atoms with Crippen LogP contribution in [0.25, 0.3) is 0 Å². The summed E-state index contributed by atoms with van der Waals surface area (Å²) in [6.07, 6.45) is 0. The van der Waals surface area contributed by atoms with E-state index in [1.165, 1.54) is 11.8 Å². The van der Waals surface area contributed by atoms with Gasteiger partial charge in [0.05, 0.1) is 11.1 Å². The molecule has 0 saturated heterocycles. The molecule has 3 nitrogen and oxygen atoms in total. The topological polar surface area (TPSA) is 37.4 Å². The number of imide groups is 1. The third-order valence-electron chi connectivity index (χ3n) is 2.91. The van der Waals surface area contributed by atoms with Crippen LogP contribution in [0.15, 0.2) is 22.7 Å². The molecule has 1 aromatic rings. The first-order valence-electron chi connectivity index (χ1n) is 5.01. The summed E-state index contributed by atoms with van der Waals surface area (Å²) in [7, 11) is 0. The molecule has 1 aliphatic rings. The minimum absolute atomic E-state index is 0.165. The van der Waals surface area contributed by atoms with Crippen molar-refractivity contribution >= 4 is 33.4 Å². The molecule has 0 fully saturated rings. The third-order valence-corrected chi connectivity index (χ3v) is 3.57. The molecule has 16 heavy (non-hydrogen) atoms. The monoisotopic (exact) mass is 281 g/mol. The van der Waals surface area contributed by atoms with E-state index in [1.807, 2.05) is 26.0 Å².